The monoisotopic (exact) mass is 382 g/mol. The van der Waals surface area contributed by atoms with Gasteiger partial charge in [-0.2, -0.15) is 4.68 Å². The van der Waals surface area contributed by atoms with Gasteiger partial charge in [-0.1, -0.05) is 12.1 Å². The van der Waals surface area contributed by atoms with Gasteiger partial charge in [-0.3, -0.25) is 4.90 Å². The number of benzene rings is 1. The zero-order valence-corrected chi connectivity index (χ0v) is 16.3. The normalized spacial score (nSPS) is 15.3. The Morgan fingerprint density at radius 2 is 1.70 bits per heavy atom. The summed E-state index contributed by atoms with van der Waals surface area (Å²) in [5, 5.41) is 8.56. The number of hydrogen-bond donors (Lipinski definition) is 0. The fourth-order valence-corrected chi connectivity index (χ4v) is 3.44. The molecule has 4 rings (SSSR count). The largest absolute Gasteiger partial charge is 0.338 e. The molecule has 0 radical (unpaired) electrons. The van der Waals surface area contributed by atoms with Crippen LogP contribution in [0.1, 0.15) is 11.1 Å². The van der Waals surface area contributed by atoms with Crippen LogP contribution in [0.3, 0.4) is 0 Å². The van der Waals surface area contributed by atoms with Crippen molar-refractivity contribution in [2.75, 3.05) is 31.1 Å². The number of tetrazole rings is 1. The molecule has 1 fully saturated rings. The van der Waals surface area contributed by atoms with Crippen molar-refractivity contribution in [2.45, 2.75) is 20.5 Å². The van der Waals surface area contributed by atoms with E-state index in [1.165, 1.54) is 5.56 Å². The molecule has 0 saturated carbocycles. The maximum atomic E-state index is 5.62. The second kappa shape index (κ2) is 7.53. The van der Waals surface area contributed by atoms with Crippen molar-refractivity contribution < 1.29 is 0 Å². The summed E-state index contributed by atoms with van der Waals surface area (Å²) in [6, 6.07) is 7.96. The Hall–Kier alpha value is -2.65. The van der Waals surface area contributed by atoms with E-state index in [1.54, 1.807) is 21.8 Å². The van der Waals surface area contributed by atoms with Crippen LogP contribution in [-0.4, -0.2) is 60.8 Å². The van der Waals surface area contributed by atoms with Crippen molar-refractivity contribution in [2.24, 2.45) is 0 Å². The van der Waals surface area contributed by atoms with E-state index >= 15 is 0 Å². The molecule has 9 heteroatoms. The molecule has 140 valence electrons. The summed E-state index contributed by atoms with van der Waals surface area (Å²) in [5.41, 5.74) is 3.36. The molecule has 2 aromatic heterocycles. The van der Waals surface area contributed by atoms with E-state index in [-0.39, 0.29) is 0 Å². The van der Waals surface area contributed by atoms with Crippen LogP contribution in [0.2, 0.25) is 0 Å². The number of aryl methyl sites for hydroxylation is 1. The molecule has 3 aromatic rings. The highest BCUT2D eigenvalue weighted by molar-refractivity contribution is 7.71. The van der Waals surface area contributed by atoms with Gasteiger partial charge < -0.3 is 4.90 Å². The lowest BCUT2D eigenvalue weighted by Gasteiger charge is -2.34. The Bertz CT molecular complexity index is 973. The zero-order chi connectivity index (χ0) is 18.8. The van der Waals surface area contributed by atoms with Gasteiger partial charge in [0.1, 0.15) is 0 Å². The van der Waals surface area contributed by atoms with Gasteiger partial charge in [0.05, 0.1) is 12.4 Å². The van der Waals surface area contributed by atoms with Gasteiger partial charge in [0.25, 0.3) is 0 Å². The van der Waals surface area contributed by atoms with Crippen molar-refractivity contribution >= 4 is 18.2 Å². The van der Waals surface area contributed by atoms with E-state index in [2.05, 4.69) is 50.1 Å². The molecule has 0 amide bonds. The number of piperazine rings is 1. The van der Waals surface area contributed by atoms with Gasteiger partial charge in [0.15, 0.2) is 0 Å². The summed E-state index contributed by atoms with van der Waals surface area (Å²) in [4.78, 5) is 13.2. The van der Waals surface area contributed by atoms with Gasteiger partial charge in [-0.05, 0) is 59.8 Å². The topological polar surface area (TPSA) is 67.9 Å². The van der Waals surface area contributed by atoms with Gasteiger partial charge >= 0.3 is 0 Å². The van der Waals surface area contributed by atoms with E-state index in [0.29, 0.717) is 11.4 Å². The molecule has 1 saturated heterocycles. The van der Waals surface area contributed by atoms with Crippen LogP contribution >= 0.6 is 12.2 Å². The standard InChI is InChI=1S/C18H22N8S/c1-14-5-3-6-16(15(14)2)26-18(27)25(21-22-26)13-23-9-11-24(12-10-23)17-19-7-4-8-20-17/h3-8H,9-13H2,1-2H3. The zero-order valence-electron chi connectivity index (χ0n) is 15.5. The summed E-state index contributed by atoms with van der Waals surface area (Å²) >= 11 is 5.62. The Kier molecular flexibility index (Phi) is 4.95. The molecule has 1 aliphatic heterocycles. The van der Waals surface area contributed by atoms with Crippen molar-refractivity contribution in [3.05, 3.63) is 52.6 Å². The molecule has 1 aliphatic rings. The quantitative estimate of drug-likeness (QED) is 0.639. The molecule has 27 heavy (non-hydrogen) atoms. The number of hydrogen-bond acceptors (Lipinski definition) is 7. The molecular formula is C18H22N8S. The Balaban J connectivity index is 1.45. The lowest BCUT2D eigenvalue weighted by atomic mass is 10.1. The van der Waals surface area contributed by atoms with Crippen LogP contribution in [0.4, 0.5) is 5.95 Å². The second-order valence-corrected chi connectivity index (χ2v) is 7.05. The number of anilines is 1. The van der Waals surface area contributed by atoms with Crippen molar-refractivity contribution in [3.8, 4) is 5.69 Å². The molecular weight excluding hydrogens is 360 g/mol. The lowest BCUT2D eigenvalue weighted by molar-refractivity contribution is 0.192. The minimum atomic E-state index is 0.609. The van der Waals surface area contributed by atoms with Gasteiger partial charge in [0, 0.05) is 38.6 Å². The van der Waals surface area contributed by atoms with E-state index < -0.39 is 0 Å². The van der Waals surface area contributed by atoms with Crippen LogP contribution in [-0.2, 0) is 6.67 Å². The van der Waals surface area contributed by atoms with Crippen LogP contribution in [0.5, 0.6) is 0 Å². The highest BCUT2D eigenvalue weighted by atomic mass is 32.1. The van der Waals surface area contributed by atoms with Crippen molar-refractivity contribution in [3.63, 3.8) is 0 Å². The first-order chi connectivity index (χ1) is 13.1. The van der Waals surface area contributed by atoms with E-state index in [1.807, 2.05) is 18.2 Å². The lowest BCUT2D eigenvalue weighted by Crippen LogP contribution is -2.47. The fourth-order valence-electron chi connectivity index (χ4n) is 3.21. The second-order valence-electron chi connectivity index (χ2n) is 6.69. The molecule has 8 nitrogen and oxygen atoms in total. The maximum Gasteiger partial charge on any atom is 0.225 e. The summed E-state index contributed by atoms with van der Waals surface area (Å²) in [7, 11) is 0. The average Bonchev–Trinajstić information content (AvgIpc) is 3.05. The first-order valence-electron chi connectivity index (χ1n) is 8.97. The molecule has 0 spiro atoms. The molecule has 0 N–H and O–H groups in total. The van der Waals surface area contributed by atoms with E-state index in [4.69, 9.17) is 12.2 Å². The fraction of sp³-hybridized carbons (Fsp3) is 0.389. The SMILES string of the molecule is Cc1cccc(-n2nnn(CN3CCN(c4ncccn4)CC3)c2=S)c1C. The molecule has 0 unspecified atom stereocenters. The van der Waals surface area contributed by atoms with Crippen LogP contribution in [0.15, 0.2) is 36.7 Å². The third kappa shape index (κ3) is 3.60. The molecule has 0 bridgehead atoms. The van der Waals surface area contributed by atoms with Crippen molar-refractivity contribution in [1.29, 1.82) is 0 Å². The number of rotatable bonds is 4. The molecule has 0 aliphatic carbocycles. The van der Waals surface area contributed by atoms with Crippen LogP contribution in [0.25, 0.3) is 5.69 Å². The number of aromatic nitrogens is 6. The Morgan fingerprint density at radius 1 is 0.963 bits per heavy atom. The van der Waals surface area contributed by atoms with Gasteiger partial charge in [0.2, 0.25) is 10.7 Å². The minimum absolute atomic E-state index is 0.609. The molecule has 3 heterocycles. The first kappa shape index (κ1) is 17.7. The smallest absolute Gasteiger partial charge is 0.225 e. The summed E-state index contributed by atoms with van der Waals surface area (Å²) in [6.07, 6.45) is 3.55. The summed E-state index contributed by atoms with van der Waals surface area (Å²) in [5.74, 6) is 0.787. The predicted octanol–water partition coefficient (Wildman–Crippen LogP) is 1.98. The summed E-state index contributed by atoms with van der Waals surface area (Å²) < 4.78 is 4.13. The van der Waals surface area contributed by atoms with Crippen molar-refractivity contribution in [1.82, 2.24) is 34.7 Å². The third-order valence-corrected chi connectivity index (χ3v) is 5.37. The highest BCUT2D eigenvalue weighted by Gasteiger charge is 2.20. The maximum absolute atomic E-state index is 5.62. The minimum Gasteiger partial charge on any atom is -0.338 e. The first-order valence-corrected chi connectivity index (χ1v) is 9.38. The predicted molar refractivity (Wildman–Crippen MR) is 105 cm³/mol. The number of nitrogens with zero attached hydrogens (tertiary/aromatic N) is 8. The molecule has 0 atom stereocenters. The average molecular weight is 382 g/mol. The Morgan fingerprint density at radius 3 is 2.44 bits per heavy atom. The van der Waals surface area contributed by atoms with Gasteiger partial charge in [-0.15, -0.1) is 0 Å². The van der Waals surface area contributed by atoms with E-state index in [9.17, 15) is 0 Å². The van der Waals surface area contributed by atoms with Crippen LogP contribution in [0, 0.1) is 18.6 Å². The Labute approximate surface area is 163 Å². The summed E-state index contributed by atoms with van der Waals surface area (Å²) in [6.45, 7) is 8.35. The highest BCUT2D eigenvalue weighted by Crippen LogP contribution is 2.17. The third-order valence-electron chi connectivity index (χ3n) is 4.98. The van der Waals surface area contributed by atoms with Gasteiger partial charge in [-0.25, -0.2) is 14.6 Å². The van der Waals surface area contributed by atoms with Crippen LogP contribution < -0.4 is 4.90 Å². The molecule has 1 aromatic carbocycles. The van der Waals surface area contributed by atoms with E-state index in [0.717, 1.165) is 43.4 Å².